The summed E-state index contributed by atoms with van der Waals surface area (Å²) in [5, 5.41) is 3.80. The van der Waals surface area contributed by atoms with Crippen LogP contribution in [-0.4, -0.2) is 40.2 Å². The third-order valence-corrected chi connectivity index (χ3v) is 5.99. The maximum atomic E-state index is 12.2. The first kappa shape index (κ1) is 24.6. The summed E-state index contributed by atoms with van der Waals surface area (Å²) in [7, 11) is -2.26. The molecule has 2 N–H and O–H groups in total. The van der Waals surface area contributed by atoms with E-state index in [4.69, 9.17) is 9.47 Å². The second-order valence-corrected chi connectivity index (χ2v) is 8.88. The summed E-state index contributed by atoms with van der Waals surface area (Å²) in [4.78, 5) is 24.2. The van der Waals surface area contributed by atoms with Crippen molar-refractivity contribution in [2.24, 2.45) is 5.10 Å². The number of hydrogen-bond donors (Lipinski definition) is 2. The van der Waals surface area contributed by atoms with Crippen molar-refractivity contribution in [3.05, 3.63) is 89.5 Å². The molecule has 0 saturated heterocycles. The molecule has 0 unspecified atom stereocenters. The Hall–Kier alpha value is -4.02. The van der Waals surface area contributed by atoms with Gasteiger partial charge in [0.25, 0.3) is 5.91 Å². The van der Waals surface area contributed by atoms with E-state index in [1.54, 1.807) is 60.7 Å². The molecule has 0 aliphatic heterocycles. The summed E-state index contributed by atoms with van der Waals surface area (Å²) in [6.45, 7) is 1.38. The third-order valence-electron chi connectivity index (χ3n) is 4.57. The molecule has 3 aromatic rings. The lowest BCUT2D eigenvalue weighted by molar-refractivity contribution is -0.119. The van der Waals surface area contributed by atoms with Gasteiger partial charge in [0.2, 0.25) is 10.0 Å². The second kappa shape index (κ2) is 11.2. The predicted octanol–water partition coefficient (Wildman–Crippen LogP) is 2.65. The smallest absolute Gasteiger partial charge is 0.343 e. The van der Waals surface area contributed by atoms with Gasteiger partial charge < -0.3 is 9.47 Å². The normalized spacial score (nSPS) is 11.2. The number of ether oxygens (including phenoxy) is 2. The molecule has 0 spiro atoms. The first-order valence-corrected chi connectivity index (χ1v) is 11.6. The van der Waals surface area contributed by atoms with Gasteiger partial charge in [-0.3, -0.25) is 4.79 Å². The standard InChI is InChI=1S/C24H23N3O6S/c1-17-3-13-22(14-4-17)34(30,31)26-16-23(28)27-25-15-18-5-9-21(10-6-18)33-24(29)19-7-11-20(32-2)12-8-19/h3-15,26H,16H2,1-2H3,(H,27,28)/b25-15+. The zero-order valence-electron chi connectivity index (χ0n) is 18.5. The lowest BCUT2D eigenvalue weighted by Gasteiger charge is -2.06. The van der Waals surface area contributed by atoms with E-state index in [1.807, 2.05) is 6.92 Å². The molecular formula is C24H23N3O6S. The van der Waals surface area contributed by atoms with E-state index in [0.29, 0.717) is 22.6 Å². The molecule has 0 aliphatic rings. The van der Waals surface area contributed by atoms with Crippen molar-refractivity contribution in [2.75, 3.05) is 13.7 Å². The quantitative estimate of drug-likeness (QED) is 0.210. The predicted molar refractivity (Wildman–Crippen MR) is 126 cm³/mol. The van der Waals surface area contributed by atoms with Crippen LogP contribution in [0.2, 0.25) is 0 Å². The van der Waals surface area contributed by atoms with Crippen LogP contribution in [0.5, 0.6) is 11.5 Å². The molecule has 0 fully saturated rings. The number of carbonyl (C=O) groups excluding carboxylic acids is 2. The molecule has 9 nitrogen and oxygen atoms in total. The summed E-state index contributed by atoms with van der Waals surface area (Å²) in [6.07, 6.45) is 1.38. The van der Waals surface area contributed by atoms with E-state index < -0.39 is 28.4 Å². The minimum absolute atomic E-state index is 0.0715. The van der Waals surface area contributed by atoms with Gasteiger partial charge in [-0.2, -0.15) is 5.10 Å². The van der Waals surface area contributed by atoms with Gasteiger partial charge in [0.15, 0.2) is 0 Å². The fourth-order valence-electron chi connectivity index (χ4n) is 2.69. The van der Waals surface area contributed by atoms with E-state index in [1.165, 1.54) is 25.5 Å². The number of hydrogen-bond acceptors (Lipinski definition) is 7. The van der Waals surface area contributed by atoms with E-state index in [0.717, 1.165) is 5.56 Å². The Balaban J connectivity index is 1.47. The molecule has 0 aliphatic carbocycles. The Labute approximate surface area is 197 Å². The molecule has 0 radical (unpaired) electrons. The van der Waals surface area contributed by atoms with Crippen molar-refractivity contribution in [3.8, 4) is 11.5 Å². The molecule has 10 heteroatoms. The zero-order valence-corrected chi connectivity index (χ0v) is 19.3. The topological polar surface area (TPSA) is 123 Å². The SMILES string of the molecule is COc1ccc(C(=O)Oc2ccc(/C=N/NC(=O)CNS(=O)(=O)c3ccc(C)cc3)cc2)cc1. The molecule has 3 aromatic carbocycles. The highest BCUT2D eigenvalue weighted by molar-refractivity contribution is 7.89. The van der Waals surface area contributed by atoms with E-state index in [9.17, 15) is 18.0 Å². The van der Waals surface area contributed by atoms with Crippen molar-refractivity contribution >= 4 is 28.1 Å². The Morgan fingerprint density at radius 3 is 2.15 bits per heavy atom. The minimum Gasteiger partial charge on any atom is -0.497 e. The van der Waals surface area contributed by atoms with Crippen molar-refractivity contribution in [1.82, 2.24) is 10.1 Å². The Bertz CT molecular complexity index is 1270. The molecule has 0 aromatic heterocycles. The monoisotopic (exact) mass is 481 g/mol. The van der Waals surface area contributed by atoms with Crippen molar-refractivity contribution < 1.29 is 27.5 Å². The number of nitrogens with one attached hydrogen (secondary N) is 2. The highest BCUT2D eigenvalue weighted by Gasteiger charge is 2.15. The third kappa shape index (κ3) is 6.99. The van der Waals surface area contributed by atoms with Gasteiger partial charge in [0.1, 0.15) is 11.5 Å². The Morgan fingerprint density at radius 2 is 1.53 bits per heavy atom. The van der Waals surface area contributed by atoms with Gasteiger partial charge in [-0.1, -0.05) is 17.7 Å². The van der Waals surface area contributed by atoms with Crippen LogP contribution in [0.3, 0.4) is 0 Å². The van der Waals surface area contributed by atoms with Crippen LogP contribution in [0.4, 0.5) is 0 Å². The lowest BCUT2D eigenvalue weighted by Crippen LogP contribution is -2.34. The van der Waals surface area contributed by atoms with Gasteiger partial charge >= 0.3 is 5.97 Å². The van der Waals surface area contributed by atoms with Crippen LogP contribution in [-0.2, 0) is 14.8 Å². The van der Waals surface area contributed by atoms with Crippen molar-refractivity contribution in [3.63, 3.8) is 0 Å². The number of sulfonamides is 1. The average Bonchev–Trinajstić information content (AvgIpc) is 2.84. The lowest BCUT2D eigenvalue weighted by atomic mass is 10.2. The van der Waals surface area contributed by atoms with Crippen LogP contribution >= 0.6 is 0 Å². The van der Waals surface area contributed by atoms with Crippen molar-refractivity contribution in [1.29, 1.82) is 0 Å². The summed E-state index contributed by atoms with van der Waals surface area (Å²) in [5.41, 5.74) is 4.19. The van der Waals surface area contributed by atoms with Crippen LogP contribution in [0.25, 0.3) is 0 Å². The van der Waals surface area contributed by atoms with Crippen LogP contribution < -0.4 is 19.6 Å². The number of aryl methyl sites for hydroxylation is 1. The molecule has 0 heterocycles. The first-order chi connectivity index (χ1) is 16.3. The first-order valence-electron chi connectivity index (χ1n) is 10.1. The zero-order chi connectivity index (χ0) is 24.6. The number of hydrazone groups is 1. The van der Waals surface area contributed by atoms with E-state index in [2.05, 4.69) is 15.2 Å². The number of methoxy groups -OCH3 is 1. The molecule has 0 saturated carbocycles. The highest BCUT2D eigenvalue weighted by Crippen LogP contribution is 2.16. The highest BCUT2D eigenvalue weighted by atomic mass is 32.2. The van der Waals surface area contributed by atoms with Gasteiger partial charge in [0.05, 0.1) is 30.3 Å². The van der Waals surface area contributed by atoms with Gasteiger partial charge in [0, 0.05) is 0 Å². The number of amides is 1. The van der Waals surface area contributed by atoms with Gasteiger partial charge in [-0.25, -0.2) is 23.4 Å². The molecule has 0 bridgehead atoms. The largest absolute Gasteiger partial charge is 0.497 e. The second-order valence-electron chi connectivity index (χ2n) is 7.12. The minimum atomic E-state index is -3.80. The molecule has 1 amide bonds. The molecule has 3 rings (SSSR count). The Morgan fingerprint density at radius 1 is 0.912 bits per heavy atom. The molecule has 0 atom stereocenters. The van der Waals surface area contributed by atoms with Crippen molar-refractivity contribution in [2.45, 2.75) is 11.8 Å². The van der Waals surface area contributed by atoms with E-state index >= 15 is 0 Å². The van der Waals surface area contributed by atoms with E-state index in [-0.39, 0.29) is 4.90 Å². The fraction of sp³-hybridized carbons (Fsp3) is 0.125. The molecule has 34 heavy (non-hydrogen) atoms. The number of carbonyl (C=O) groups is 2. The van der Waals surface area contributed by atoms with Crippen LogP contribution in [0.15, 0.2) is 82.8 Å². The van der Waals surface area contributed by atoms with Gasteiger partial charge in [-0.15, -0.1) is 0 Å². The summed E-state index contributed by atoms with van der Waals surface area (Å²) in [6, 6.07) is 19.3. The number of esters is 1. The van der Waals surface area contributed by atoms with Crippen LogP contribution in [0, 0.1) is 6.92 Å². The Kier molecular flexibility index (Phi) is 8.12. The number of benzene rings is 3. The van der Waals surface area contributed by atoms with Crippen LogP contribution in [0.1, 0.15) is 21.5 Å². The average molecular weight is 482 g/mol. The molecular weight excluding hydrogens is 458 g/mol. The summed E-state index contributed by atoms with van der Waals surface area (Å²) in [5.74, 6) is -0.162. The number of nitrogens with zero attached hydrogens (tertiary/aromatic N) is 1. The number of rotatable bonds is 9. The van der Waals surface area contributed by atoms with Gasteiger partial charge in [-0.05, 0) is 73.2 Å². The molecule has 176 valence electrons. The summed E-state index contributed by atoms with van der Waals surface area (Å²) < 4.78 is 37.0. The maximum Gasteiger partial charge on any atom is 0.343 e. The fourth-order valence-corrected chi connectivity index (χ4v) is 3.68. The maximum absolute atomic E-state index is 12.2. The summed E-state index contributed by atoms with van der Waals surface area (Å²) >= 11 is 0.